The van der Waals surface area contributed by atoms with Crippen LogP contribution in [0.1, 0.15) is 53.0 Å². The van der Waals surface area contributed by atoms with Gasteiger partial charge in [0.15, 0.2) is 15.6 Å². The maximum Gasteiger partial charge on any atom is 0.316 e. The minimum Gasteiger partial charge on any atom is -0.467 e. The molecule has 3 aromatic rings. The Balaban J connectivity index is 1.50. The van der Waals surface area contributed by atoms with Crippen LogP contribution in [0.15, 0.2) is 47.6 Å². The smallest absolute Gasteiger partial charge is 0.316 e. The normalized spacial score (nSPS) is 17.4. The second-order valence-electron chi connectivity index (χ2n) is 9.04. The number of hydrogen-bond acceptors (Lipinski definition) is 8. The SMILES string of the molecule is CCS(=O)(=O)c1ccc(CC(=O)Nc2cc(C)c3c(n2)CCC(C)(c2cnc(OC)nc2)C3=O)cc1. The van der Waals surface area contributed by atoms with Crippen molar-refractivity contribution < 1.29 is 22.7 Å². The number of aromatic nitrogens is 3. The van der Waals surface area contributed by atoms with Gasteiger partial charge in [-0.2, -0.15) is 0 Å². The predicted octanol–water partition coefficient (Wildman–Crippen LogP) is 3.25. The molecule has 188 valence electrons. The molecule has 4 rings (SSSR count). The van der Waals surface area contributed by atoms with E-state index in [0.29, 0.717) is 41.0 Å². The topological polar surface area (TPSA) is 128 Å². The van der Waals surface area contributed by atoms with E-state index in [2.05, 4.69) is 20.3 Å². The van der Waals surface area contributed by atoms with Crippen LogP contribution in [-0.2, 0) is 32.9 Å². The summed E-state index contributed by atoms with van der Waals surface area (Å²) in [7, 11) is -1.80. The van der Waals surface area contributed by atoms with Crippen molar-refractivity contribution in [2.75, 3.05) is 18.2 Å². The van der Waals surface area contributed by atoms with E-state index in [1.807, 2.05) is 13.8 Å². The van der Waals surface area contributed by atoms with Crippen LogP contribution in [0.3, 0.4) is 0 Å². The van der Waals surface area contributed by atoms with Gasteiger partial charge in [0.2, 0.25) is 5.91 Å². The molecule has 1 amide bonds. The van der Waals surface area contributed by atoms with Crippen molar-refractivity contribution in [3.8, 4) is 6.01 Å². The number of benzene rings is 1. The van der Waals surface area contributed by atoms with E-state index in [4.69, 9.17) is 4.74 Å². The summed E-state index contributed by atoms with van der Waals surface area (Å²) in [6.07, 6.45) is 4.40. The maximum atomic E-state index is 13.6. The second kappa shape index (κ2) is 9.77. The fourth-order valence-electron chi connectivity index (χ4n) is 4.39. The van der Waals surface area contributed by atoms with Gasteiger partial charge in [-0.3, -0.25) is 9.59 Å². The molecule has 0 radical (unpaired) electrons. The molecule has 1 atom stereocenters. The zero-order valence-corrected chi connectivity index (χ0v) is 21.5. The number of Topliss-reactive ketones (excluding diaryl/α,β-unsaturated/α-hetero) is 1. The van der Waals surface area contributed by atoms with Gasteiger partial charge in [0.1, 0.15) is 5.82 Å². The number of rotatable bonds is 7. The van der Waals surface area contributed by atoms with Crippen molar-refractivity contribution in [3.05, 3.63) is 70.7 Å². The molecule has 1 unspecified atom stereocenters. The van der Waals surface area contributed by atoms with E-state index in [9.17, 15) is 18.0 Å². The van der Waals surface area contributed by atoms with Crippen LogP contribution in [0.2, 0.25) is 0 Å². The Bertz CT molecular complexity index is 1420. The van der Waals surface area contributed by atoms with Crippen LogP contribution in [0.5, 0.6) is 6.01 Å². The Hall–Kier alpha value is -3.66. The highest BCUT2D eigenvalue weighted by Gasteiger charge is 2.42. The van der Waals surface area contributed by atoms with Crippen LogP contribution in [0, 0.1) is 6.92 Å². The van der Waals surface area contributed by atoms with E-state index in [1.165, 1.54) is 19.2 Å². The first kappa shape index (κ1) is 25.4. The molecule has 1 aliphatic rings. The molecule has 0 saturated heterocycles. The number of anilines is 1. The van der Waals surface area contributed by atoms with Crippen LogP contribution in [-0.4, -0.2) is 47.9 Å². The average Bonchev–Trinajstić information content (AvgIpc) is 2.86. The quantitative estimate of drug-likeness (QED) is 0.515. The third kappa shape index (κ3) is 4.86. The molecule has 36 heavy (non-hydrogen) atoms. The third-order valence-corrected chi connectivity index (χ3v) is 8.37. The largest absolute Gasteiger partial charge is 0.467 e. The summed E-state index contributed by atoms with van der Waals surface area (Å²) in [4.78, 5) is 39.3. The van der Waals surface area contributed by atoms with E-state index in [-0.39, 0.29) is 34.8 Å². The minimum atomic E-state index is -3.29. The summed E-state index contributed by atoms with van der Waals surface area (Å²) < 4.78 is 29.0. The lowest BCUT2D eigenvalue weighted by molar-refractivity contribution is -0.115. The summed E-state index contributed by atoms with van der Waals surface area (Å²) in [5, 5.41) is 2.80. The van der Waals surface area contributed by atoms with Crippen molar-refractivity contribution in [3.63, 3.8) is 0 Å². The highest BCUT2D eigenvalue weighted by molar-refractivity contribution is 7.91. The predicted molar refractivity (Wildman–Crippen MR) is 134 cm³/mol. The van der Waals surface area contributed by atoms with Crippen molar-refractivity contribution in [2.24, 2.45) is 0 Å². The number of hydrogen-bond donors (Lipinski definition) is 1. The molecule has 0 bridgehead atoms. The molecule has 2 aromatic heterocycles. The number of nitrogens with one attached hydrogen (secondary N) is 1. The third-order valence-electron chi connectivity index (χ3n) is 6.62. The Morgan fingerprint density at radius 2 is 1.83 bits per heavy atom. The van der Waals surface area contributed by atoms with Crippen LogP contribution >= 0.6 is 0 Å². The van der Waals surface area contributed by atoms with Gasteiger partial charge in [0.25, 0.3) is 0 Å². The molecule has 0 spiro atoms. The summed E-state index contributed by atoms with van der Waals surface area (Å²) in [6.45, 7) is 5.30. The number of fused-ring (bicyclic) bond motifs is 1. The Morgan fingerprint density at radius 3 is 2.44 bits per heavy atom. The van der Waals surface area contributed by atoms with Crippen molar-refractivity contribution in [1.82, 2.24) is 15.0 Å². The summed E-state index contributed by atoms with van der Waals surface area (Å²) in [5.74, 6) is 0.0644. The lowest BCUT2D eigenvalue weighted by Crippen LogP contribution is -2.38. The zero-order valence-electron chi connectivity index (χ0n) is 20.7. The van der Waals surface area contributed by atoms with Crippen molar-refractivity contribution >= 4 is 27.3 Å². The zero-order chi connectivity index (χ0) is 26.1. The molecule has 9 nitrogen and oxygen atoms in total. The minimum absolute atomic E-state index is 0.0196. The van der Waals surface area contributed by atoms with E-state index in [1.54, 1.807) is 37.5 Å². The lowest BCUT2D eigenvalue weighted by Gasteiger charge is -2.33. The first-order valence-electron chi connectivity index (χ1n) is 11.6. The van der Waals surface area contributed by atoms with Crippen molar-refractivity contribution in [1.29, 1.82) is 0 Å². The Kier molecular flexibility index (Phi) is 6.90. The van der Waals surface area contributed by atoms with Gasteiger partial charge in [-0.05, 0) is 56.0 Å². The molecule has 0 fully saturated rings. The number of carbonyl (C=O) groups is 2. The fourth-order valence-corrected chi connectivity index (χ4v) is 5.27. The first-order chi connectivity index (χ1) is 17.1. The van der Waals surface area contributed by atoms with Gasteiger partial charge < -0.3 is 10.1 Å². The summed E-state index contributed by atoms with van der Waals surface area (Å²) >= 11 is 0. The number of aryl methyl sites for hydroxylation is 2. The summed E-state index contributed by atoms with van der Waals surface area (Å²) in [5.41, 5.74) is 2.56. The van der Waals surface area contributed by atoms with Crippen LogP contribution in [0.25, 0.3) is 0 Å². The molecular weight excluding hydrogens is 480 g/mol. The number of carbonyl (C=O) groups excluding carboxylic acids is 2. The fraction of sp³-hybridized carbons (Fsp3) is 0.346. The molecule has 10 heteroatoms. The van der Waals surface area contributed by atoms with Gasteiger partial charge in [0, 0.05) is 23.5 Å². The first-order valence-corrected chi connectivity index (χ1v) is 13.3. The second-order valence-corrected chi connectivity index (χ2v) is 11.3. The molecule has 0 saturated carbocycles. The Morgan fingerprint density at radius 1 is 1.17 bits per heavy atom. The van der Waals surface area contributed by atoms with Gasteiger partial charge in [-0.1, -0.05) is 19.1 Å². The maximum absolute atomic E-state index is 13.6. The number of methoxy groups -OCH3 is 1. The number of pyridine rings is 1. The van der Waals surface area contributed by atoms with Gasteiger partial charge >= 0.3 is 6.01 Å². The molecule has 1 aliphatic carbocycles. The molecule has 2 heterocycles. The molecule has 1 N–H and O–H groups in total. The number of amides is 1. The van der Waals surface area contributed by atoms with E-state index in [0.717, 1.165) is 5.56 Å². The monoisotopic (exact) mass is 508 g/mol. The van der Waals surface area contributed by atoms with Gasteiger partial charge in [0.05, 0.1) is 35.3 Å². The standard InChI is InChI=1S/C26H28N4O5S/c1-5-36(33,34)19-8-6-17(7-9-19)13-22(31)30-21-12-16(2)23-20(29-21)10-11-26(3,24(23)32)18-14-27-25(35-4)28-15-18/h6-9,12,14-15H,5,10-11,13H2,1-4H3,(H,29,30,31). The van der Waals surface area contributed by atoms with Gasteiger partial charge in [-0.25, -0.2) is 23.4 Å². The number of ketones is 1. The molecule has 0 aliphatic heterocycles. The number of sulfone groups is 1. The summed E-state index contributed by atoms with van der Waals surface area (Å²) in [6, 6.07) is 8.23. The lowest BCUT2D eigenvalue weighted by atomic mass is 9.69. The average molecular weight is 509 g/mol. The van der Waals surface area contributed by atoms with E-state index < -0.39 is 15.3 Å². The number of nitrogens with zero attached hydrogens (tertiary/aromatic N) is 3. The number of ether oxygens (including phenoxy) is 1. The highest BCUT2D eigenvalue weighted by Crippen LogP contribution is 2.39. The van der Waals surface area contributed by atoms with Crippen molar-refractivity contribution in [2.45, 2.75) is 50.3 Å². The highest BCUT2D eigenvalue weighted by atomic mass is 32.2. The van der Waals surface area contributed by atoms with Crippen LogP contribution in [0.4, 0.5) is 5.82 Å². The van der Waals surface area contributed by atoms with E-state index >= 15 is 0 Å². The molecular formula is C26H28N4O5S. The molecule has 1 aromatic carbocycles. The Labute approximate surface area is 210 Å². The van der Waals surface area contributed by atoms with Crippen LogP contribution < -0.4 is 10.1 Å². The van der Waals surface area contributed by atoms with Gasteiger partial charge in [-0.15, -0.1) is 0 Å².